The smallest absolute Gasteiger partial charge is 0.316 e. The van der Waals surface area contributed by atoms with Crippen LogP contribution in [0.3, 0.4) is 0 Å². The molecule has 6 aromatic rings. The predicted octanol–water partition coefficient (Wildman–Crippen LogP) is 6.33. The van der Waals surface area contributed by atoms with Crippen LogP contribution in [0.2, 0.25) is 5.02 Å². The number of aliphatic hydroxyl groups excluding tert-OH is 1. The fourth-order valence-electron chi connectivity index (χ4n) is 14.6. The highest BCUT2D eigenvalue weighted by atomic mass is 35.5. The molecule has 2 aliphatic heterocycles. The summed E-state index contributed by atoms with van der Waals surface area (Å²) >= 11 is 6.30. The first kappa shape index (κ1) is 91.1. The number of aliphatic hydroxyl groups is 1. The summed E-state index contributed by atoms with van der Waals surface area (Å²) in [5.74, 6) is -15.2. The van der Waals surface area contributed by atoms with Crippen molar-refractivity contribution in [3.8, 4) is 0 Å². The molecule has 2 aliphatic rings. The van der Waals surface area contributed by atoms with Crippen molar-refractivity contribution in [2.24, 2.45) is 47.0 Å². The van der Waals surface area contributed by atoms with Gasteiger partial charge in [0.25, 0.3) is 0 Å². The number of amides is 12. The highest BCUT2D eigenvalue weighted by molar-refractivity contribution is 6.30. The summed E-state index contributed by atoms with van der Waals surface area (Å²) in [4.78, 5) is 215. The zero-order valence-electron chi connectivity index (χ0n) is 66.9. The number of hydrogen-bond acceptors (Lipinski definition) is 18. The Morgan fingerprint density at radius 3 is 1.60 bits per heavy atom. The van der Waals surface area contributed by atoms with Gasteiger partial charge in [-0.25, -0.2) is 4.79 Å². The number of nitrogens with zero attached hydrogens (tertiary/aromatic N) is 2. The lowest BCUT2D eigenvalue weighted by Crippen LogP contribution is -2.56. The highest BCUT2D eigenvalue weighted by Gasteiger charge is 2.41. The zero-order valence-corrected chi connectivity index (χ0v) is 67.7. The number of rotatable bonds is 45. The Labute approximate surface area is 685 Å². The van der Waals surface area contributed by atoms with Crippen molar-refractivity contribution in [2.75, 3.05) is 30.3 Å². The molecule has 29 nitrogen and oxygen atoms in total. The van der Waals surface area contributed by atoms with Crippen LogP contribution in [0, 0.1) is 35.5 Å². The molecule has 0 unspecified atom stereocenters. The van der Waals surface area contributed by atoms with E-state index in [4.69, 9.17) is 23.1 Å². The number of pyridine rings is 1. The lowest BCUT2D eigenvalue weighted by atomic mass is 9.87. The van der Waals surface area contributed by atoms with E-state index in [-0.39, 0.29) is 101 Å². The van der Waals surface area contributed by atoms with Gasteiger partial charge < -0.3 is 68.8 Å². The van der Waals surface area contributed by atoms with Gasteiger partial charge >= 0.3 is 6.03 Å². The maximum Gasteiger partial charge on any atom is 0.316 e. The topological polar surface area (TPSA) is 453 Å². The normalized spacial score (nSPS) is 15.9. The third-order valence-electron chi connectivity index (χ3n) is 20.9. The second-order valence-electron chi connectivity index (χ2n) is 31.3. The molecule has 2 fully saturated rings. The standard InChI is InChI=1S/C87H108ClN13O16/c1-50(2)35-61(81(111)96-69(16-9-10-33-92-51(3)4)86(116)101-34-12-17-73(101)85(115)93-53(6)79(89)109)43-74(104)71(42-56-23-30-68(31-24-56)95-87(90)117)98-83(113)63(37-54-21-28-67(29-22-54)94-80(110)65-46-77(107)100-78(108)47-65)45-76(106)72(49-102)99-84(114)64(40-58-13-11-32-91-48-58)44-75(105)70(41-55-19-26-66(88)27-20-55)97-82(112)62(36-52(5)103)39-57-18-25-59-14-7-8-15-60(59)38-57/h7-8,11,13-15,18-32,38,48,50-51,53,61-65,69-73,92,102H,9-10,12,16-17,33-37,39-47,49H2,1-6H3,(H2,89,109)(H,93,115)(H,94,110)(H,96,111)(H,97,112)(H,98,113)(H,99,114)(H3,90,95,117)(H,100,107,108)/t53-,61-,62-,63-,64+,69+,70-,71-,72+,73+/m1/s1. The van der Waals surface area contributed by atoms with E-state index in [1.54, 1.807) is 60.7 Å². The van der Waals surface area contributed by atoms with Gasteiger partial charge in [-0.05, 0) is 178 Å². The summed E-state index contributed by atoms with van der Waals surface area (Å²) in [6.45, 7) is 10.2. The van der Waals surface area contributed by atoms with Crippen molar-refractivity contribution >= 4 is 122 Å². The summed E-state index contributed by atoms with van der Waals surface area (Å²) in [6, 6.07) is 27.2. The number of urea groups is 1. The summed E-state index contributed by atoms with van der Waals surface area (Å²) < 4.78 is 0. The lowest BCUT2D eigenvalue weighted by molar-refractivity contribution is -0.143. The number of ketones is 4. The van der Waals surface area contributed by atoms with Crippen LogP contribution in [0.4, 0.5) is 16.2 Å². The number of fused-ring (bicyclic) bond motifs is 1. The number of carbonyl (C=O) groups excluding carboxylic acids is 15. The summed E-state index contributed by atoms with van der Waals surface area (Å²) in [7, 11) is 0. The Hall–Kier alpha value is -11.4. The maximum atomic E-state index is 15.6. The summed E-state index contributed by atoms with van der Waals surface area (Å²) in [6.07, 6.45) is 2.05. The monoisotopic (exact) mass is 1630 g/mol. The van der Waals surface area contributed by atoms with Crippen LogP contribution in [-0.4, -0.2) is 165 Å². The Balaban J connectivity index is 1.10. The van der Waals surface area contributed by atoms with Crippen LogP contribution in [0.5, 0.6) is 0 Å². The van der Waals surface area contributed by atoms with E-state index < -0.39 is 174 Å². The number of halogens is 1. The molecule has 0 spiro atoms. The fourth-order valence-corrected chi connectivity index (χ4v) is 14.8. The molecule has 0 bridgehead atoms. The first-order valence-electron chi connectivity index (χ1n) is 39.8. The number of nitrogens with one attached hydrogen (secondary N) is 9. The number of primary amides is 2. The molecule has 5 aromatic carbocycles. The van der Waals surface area contributed by atoms with Crippen molar-refractivity contribution in [1.29, 1.82) is 0 Å². The first-order valence-corrected chi connectivity index (χ1v) is 40.2. The number of aromatic nitrogens is 1. The van der Waals surface area contributed by atoms with Crippen LogP contribution >= 0.6 is 11.6 Å². The minimum Gasteiger partial charge on any atom is -0.394 e. The fraction of sp³-hybridized carbons (Fsp3) is 0.448. The molecule has 117 heavy (non-hydrogen) atoms. The van der Waals surface area contributed by atoms with Crippen molar-refractivity contribution in [3.63, 3.8) is 0 Å². The lowest BCUT2D eigenvalue weighted by Gasteiger charge is -2.30. The Morgan fingerprint density at radius 2 is 1.05 bits per heavy atom. The van der Waals surface area contributed by atoms with Gasteiger partial charge in [0.05, 0.1) is 24.6 Å². The molecule has 3 heterocycles. The van der Waals surface area contributed by atoms with Crippen LogP contribution in [0.15, 0.2) is 140 Å². The Bertz CT molecular complexity index is 4510. The van der Waals surface area contributed by atoms with Gasteiger partial charge in [0, 0.05) is 104 Å². The zero-order chi connectivity index (χ0) is 85.0. The quantitative estimate of drug-likeness (QED) is 0.0147. The van der Waals surface area contributed by atoms with Crippen LogP contribution in [0.1, 0.15) is 146 Å². The maximum absolute atomic E-state index is 15.6. The van der Waals surface area contributed by atoms with E-state index >= 15 is 28.8 Å². The number of hydrogen-bond donors (Lipinski definition) is 12. The van der Waals surface area contributed by atoms with E-state index in [2.05, 4.69) is 52.8 Å². The van der Waals surface area contributed by atoms with E-state index in [9.17, 15) is 48.3 Å². The molecular formula is C87H108ClN13O16. The van der Waals surface area contributed by atoms with Crippen LogP contribution < -0.4 is 59.3 Å². The third kappa shape index (κ3) is 29.1. The molecular weight excluding hydrogens is 1520 g/mol. The van der Waals surface area contributed by atoms with Gasteiger partial charge in [-0.15, -0.1) is 0 Å². The van der Waals surface area contributed by atoms with Gasteiger partial charge in [-0.3, -0.25) is 72.6 Å². The molecule has 12 amide bonds. The van der Waals surface area contributed by atoms with Gasteiger partial charge in [0.15, 0.2) is 17.3 Å². The van der Waals surface area contributed by atoms with Gasteiger partial charge in [0.2, 0.25) is 59.1 Å². The van der Waals surface area contributed by atoms with Gasteiger partial charge in [-0.1, -0.05) is 124 Å². The molecule has 0 aliphatic carbocycles. The molecule has 0 radical (unpaired) electrons. The number of imide groups is 1. The second kappa shape index (κ2) is 44.6. The largest absolute Gasteiger partial charge is 0.394 e. The van der Waals surface area contributed by atoms with E-state index in [1.807, 2.05) is 70.2 Å². The number of benzene rings is 5. The van der Waals surface area contributed by atoms with E-state index in [0.29, 0.717) is 58.8 Å². The minimum absolute atomic E-state index is 0.0700. The Morgan fingerprint density at radius 1 is 0.547 bits per heavy atom. The van der Waals surface area contributed by atoms with Gasteiger partial charge in [0.1, 0.15) is 30.0 Å². The molecule has 624 valence electrons. The third-order valence-corrected chi connectivity index (χ3v) is 21.1. The molecule has 0 saturated carbocycles. The number of anilines is 2. The molecule has 1 aromatic heterocycles. The average Bonchev–Trinajstić information content (AvgIpc) is 1.81. The molecule has 30 heteroatoms. The summed E-state index contributed by atoms with van der Waals surface area (Å²) in [5, 5.41) is 38.2. The minimum atomic E-state index is -1.75. The average molecular weight is 1630 g/mol. The number of piperidine rings is 1. The highest BCUT2D eigenvalue weighted by Crippen LogP contribution is 2.28. The molecule has 2 saturated heterocycles. The molecule has 8 rings (SSSR count). The van der Waals surface area contributed by atoms with E-state index in [0.717, 1.165) is 16.3 Å². The van der Waals surface area contributed by atoms with Gasteiger partial charge in [-0.2, -0.15) is 0 Å². The predicted molar refractivity (Wildman–Crippen MR) is 440 cm³/mol. The molecule has 10 atom stereocenters. The number of likely N-dealkylation sites (tertiary alicyclic amines) is 1. The van der Waals surface area contributed by atoms with Crippen molar-refractivity contribution in [1.82, 2.24) is 47.1 Å². The Kier molecular flexibility index (Phi) is 34.7. The van der Waals surface area contributed by atoms with Crippen molar-refractivity contribution in [2.45, 2.75) is 193 Å². The van der Waals surface area contributed by atoms with Crippen LogP contribution in [0.25, 0.3) is 10.8 Å². The van der Waals surface area contributed by atoms with Crippen LogP contribution in [-0.2, 0) is 99.2 Å². The number of unbranched alkanes of at least 4 members (excludes halogenated alkanes) is 1. The van der Waals surface area contributed by atoms with Crippen molar-refractivity contribution in [3.05, 3.63) is 173 Å². The molecule has 14 N–H and O–H groups in total. The number of Topliss-reactive ketones (excluding diaryl/α,β-unsaturated/α-hetero) is 4. The first-order chi connectivity index (χ1) is 55.8. The van der Waals surface area contributed by atoms with E-state index in [1.165, 1.54) is 55.4 Å². The second-order valence-corrected chi connectivity index (χ2v) is 31.8. The SMILES string of the molecule is CC(=O)C[C@H](Cc1ccc2ccccc2c1)C(=O)N[C@H](Cc1ccc(Cl)cc1)C(=O)C[C@H](Cc1cccnc1)C(=O)N[C@@H](CO)C(=O)C[C@@H](Cc1ccc(NC(=O)C2CC(=O)NC(=O)C2)cc1)C(=O)N[C@H](Cc1ccc(NC(N)=O)cc1)C(=O)C[C@@H](CC(C)C)C(=O)N[C@@H](CCCCNC(C)C)C(=O)N1CCC[C@H]1C(=O)N[C@H](C)C(N)=O. The van der Waals surface area contributed by atoms with Crippen molar-refractivity contribution < 1.29 is 77.0 Å². The summed E-state index contributed by atoms with van der Waals surface area (Å²) in [5.41, 5.74) is 14.1. The number of nitrogens with two attached hydrogens (primary N) is 2. The number of carbonyl (C=O) groups is 15.